The number of benzene rings is 1. The predicted octanol–water partition coefficient (Wildman–Crippen LogP) is 4.27. The average molecular weight is 476 g/mol. The molecule has 6 nitrogen and oxygen atoms in total. The first-order valence-electron chi connectivity index (χ1n) is 9.66. The summed E-state index contributed by atoms with van der Waals surface area (Å²) in [6.45, 7) is 1.11. The van der Waals surface area contributed by atoms with E-state index in [1.165, 1.54) is 36.1 Å². The highest BCUT2D eigenvalue weighted by molar-refractivity contribution is 7.82. The number of hydrogen-bond acceptors (Lipinski definition) is 4. The number of anilines is 2. The summed E-state index contributed by atoms with van der Waals surface area (Å²) >= 11 is 0. The Kier molecular flexibility index (Phi) is 6.84. The van der Waals surface area contributed by atoms with Crippen LogP contribution in [0.4, 0.5) is 33.5 Å². The van der Waals surface area contributed by atoms with E-state index >= 15 is 0 Å². The van der Waals surface area contributed by atoms with Crippen molar-refractivity contribution in [2.45, 2.75) is 43.2 Å². The highest BCUT2D eigenvalue weighted by Gasteiger charge is 2.37. The molecule has 1 atom stereocenters. The first-order chi connectivity index (χ1) is 14.9. The zero-order valence-electron chi connectivity index (χ0n) is 17.0. The lowest BCUT2D eigenvalue weighted by Gasteiger charge is -2.26. The van der Waals surface area contributed by atoms with Gasteiger partial charge in [-0.25, -0.2) is 23.1 Å². The predicted molar refractivity (Wildman–Crippen MR) is 110 cm³/mol. The van der Waals surface area contributed by atoms with Gasteiger partial charge in [-0.2, -0.15) is 13.2 Å². The van der Waals surface area contributed by atoms with Crippen LogP contribution in [0.2, 0.25) is 0 Å². The van der Waals surface area contributed by atoms with Crippen molar-refractivity contribution in [3.8, 4) is 0 Å². The standard InChI is InChI=1S/C20H21F5N4O2S/c1-12-10-15(20(23,24)25)28-17(29-8-3-6-19(21,22)7-9-29)16(12)18(30)27-13-4-2-5-14(11-13)32(26)31/h2,4-5,10-11H,3,6-9,26H2,1H3,(H,27,30)/t32-/m1/s1. The maximum Gasteiger partial charge on any atom is 0.433 e. The Labute approximate surface area is 183 Å². The first-order valence-corrected chi connectivity index (χ1v) is 10.9. The molecule has 0 radical (unpaired) electrons. The molecule has 0 bridgehead atoms. The lowest BCUT2D eigenvalue weighted by molar-refractivity contribution is -0.141. The van der Waals surface area contributed by atoms with Gasteiger partial charge in [0.2, 0.25) is 5.92 Å². The van der Waals surface area contributed by atoms with E-state index < -0.39 is 47.5 Å². The van der Waals surface area contributed by atoms with Crippen molar-refractivity contribution in [2.75, 3.05) is 23.3 Å². The highest BCUT2D eigenvalue weighted by atomic mass is 32.2. The molecule has 1 fully saturated rings. The van der Waals surface area contributed by atoms with E-state index in [0.717, 1.165) is 6.07 Å². The number of carbonyl (C=O) groups excluding carboxylic acids is 1. The molecule has 32 heavy (non-hydrogen) atoms. The van der Waals surface area contributed by atoms with Gasteiger partial charge in [-0.1, -0.05) is 6.07 Å². The highest BCUT2D eigenvalue weighted by Crippen LogP contribution is 2.35. The van der Waals surface area contributed by atoms with Crippen LogP contribution < -0.4 is 15.4 Å². The summed E-state index contributed by atoms with van der Waals surface area (Å²) < 4.78 is 79.2. The number of aryl methyl sites for hydroxylation is 1. The summed E-state index contributed by atoms with van der Waals surface area (Å²) in [6.07, 6.45) is -5.69. The van der Waals surface area contributed by atoms with E-state index in [1.807, 2.05) is 0 Å². The van der Waals surface area contributed by atoms with Crippen molar-refractivity contribution in [1.29, 1.82) is 0 Å². The van der Waals surface area contributed by atoms with Crippen molar-refractivity contribution in [1.82, 2.24) is 4.98 Å². The van der Waals surface area contributed by atoms with E-state index in [9.17, 15) is 31.0 Å². The van der Waals surface area contributed by atoms with Crippen molar-refractivity contribution >= 4 is 28.4 Å². The van der Waals surface area contributed by atoms with Crippen LogP contribution in [0, 0.1) is 6.92 Å². The SMILES string of the molecule is Cc1cc(C(F)(F)F)nc(N2CCCC(F)(F)CC2)c1C(=O)Nc1cccc([S@](N)=O)c1. The van der Waals surface area contributed by atoms with E-state index in [0.29, 0.717) is 0 Å². The van der Waals surface area contributed by atoms with E-state index in [-0.39, 0.29) is 47.0 Å². The lowest BCUT2D eigenvalue weighted by Crippen LogP contribution is -2.31. The number of nitrogens with zero attached hydrogens (tertiary/aromatic N) is 2. The first kappa shape index (κ1) is 24.1. The third-order valence-corrected chi connectivity index (χ3v) is 5.78. The molecule has 2 aromatic rings. The number of aromatic nitrogens is 1. The van der Waals surface area contributed by atoms with Crippen LogP contribution in [0.5, 0.6) is 0 Å². The van der Waals surface area contributed by atoms with Crippen LogP contribution in [-0.4, -0.2) is 34.1 Å². The lowest BCUT2D eigenvalue weighted by atomic mass is 10.1. The fourth-order valence-electron chi connectivity index (χ4n) is 3.48. The quantitative estimate of drug-likeness (QED) is 0.646. The van der Waals surface area contributed by atoms with Gasteiger partial charge in [0.25, 0.3) is 5.91 Å². The van der Waals surface area contributed by atoms with Crippen LogP contribution in [-0.2, 0) is 17.2 Å². The summed E-state index contributed by atoms with van der Waals surface area (Å²) in [5.74, 6) is -4.01. The van der Waals surface area contributed by atoms with Crippen molar-refractivity contribution in [3.05, 3.63) is 47.2 Å². The molecule has 1 aliphatic heterocycles. The monoisotopic (exact) mass is 476 g/mol. The Morgan fingerprint density at radius 2 is 1.94 bits per heavy atom. The normalized spacial score (nSPS) is 17.5. The maximum atomic E-state index is 13.8. The summed E-state index contributed by atoms with van der Waals surface area (Å²) in [7, 11) is -1.80. The van der Waals surface area contributed by atoms with Gasteiger partial charge < -0.3 is 10.2 Å². The van der Waals surface area contributed by atoms with Crippen LogP contribution in [0.3, 0.4) is 0 Å². The topological polar surface area (TPSA) is 88.3 Å². The van der Waals surface area contributed by atoms with Gasteiger partial charge in [-0.15, -0.1) is 0 Å². The molecule has 0 unspecified atom stereocenters. The minimum atomic E-state index is -4.77. The summed E-state index contributed by atoms with van der Waals surface area (Å²) in [5.41, 5.74) is -1.14. The smallest absolute Gasteiger partial charge is 0.356 e. The third kappa shape index (κ3) is 5.60. The second kappa shape index (κ2) is 9.10. The Hall–Kier alpha value is -2.60. The second-order valence-electron chi connectivity index (χ2n) is 7.50. The van der Waals surface area contributed by atoms with Crippen LogP contribution in [0.25, 0.3) is 0 Å². The molecule has 3 rings (SSSR count). The molecule has 0 spiro atoms. The van der Waals surface area contributed by atoms with Gasteiger partial charge in [0.15, 0.2) is 0 Å². The number of nitrogens with one attached hydrogen (secondary N) is 1. The molecule has 1 aromatic carbocycles. The van der Waals surface area contributed by atoms with Crippen molar-refractivity contribution < 1.29 is 31.0 Å². The van der Waals surface area contributed by atoms with Crippen LogP contribution in [0.15, 0.2) is 35.2 Å². The van der Waals surface area contributed by atoms with E-state index in [1.54, 1.807) is 0 Å². The second-order valence-corrected chi connectivity index (χ2v) is 8.56. The Morgan fingerprint density at radius 1 is 1.22 bits per heavy atom. The Morgan fingerprint density at radius 3 is 2.59 bits per heavy atom. The molecular formula is C20H21F5N4O2S. The molecule has 1 aromatic heterocycles. The van der Waals surface area contributed by atoms with Crippen molar-refractivity contribution in [2.24, 2.45) is 5.14 Å². The molecule has 0 aliphatic carbocycles. The van der Waals surface area contributed by atoms with Gasteiger partial charge in [0.05, 0.1) is 10.5 Å². The van der Waals surface area contributed by atoms with E-state index in [2.05, 4.69) is 10.3 Å². The molecule has 1 amide bonds. The fraction of sp³-hybridized carbons (Fsp3) is 0.400. The van der Waals surface area contributed by atoms with Crippen LogP contribution >= 0.6 is 0 Å². The molecule has 174 valence electrons. The van der Waals surface area contributed by atoms with Crippen LogP contribution in [0.1, 0.15) is 40.9 Å². The number of amides is 1. The van der Waals surface area contributed by atoms with Gasteiger partial charge in [0, 0.05) is 31.6 Å². The number of carbonyl (C=O) groups is 1. The fourth-order valence-corrected chi connectivity index (χ4v) is 3.93. The van der Waals surface area contributed by atoms with Gasteiger partial charge in [-0.05, 0) is 43.2 Å². The molecule has 0 saturated carbocycles. The van der Waals surface area contributed by atoms with Gasteiger partial charge in [-0.3, -0.25) is 4.79 Å². The number of alkyl halides is 5. The zero-order valence-corrected chi connectivity index (χ0v) is 17.8. The summed E-state index contributed by atoms with van der Waals surface area (Å²) in [4.78, 5) is 18.2. The van der Waals surface area contributed by atoms with Gasteiger partial charge >= 0.3 is 6.18 Å². The van der Waals surface area contributed by atoms with Gasteiger partial charge in [0.1, 0.15) is 22.5 Å². The Bertz CT molecular complexity index is 1050. The minimum absolute atomic E-state index is 0.00520. The largest absolute Gasteiger partial charge is 0.433 e. The summed E-state index contributed by atoms with van der Waals surface area (Å²) in [5, 5.41) is 7.88. The zero-order chi connectivity index (χ0) is 23.7. The third-order valence-electron chi connectivity index (χ3n) is 5.06. The summed E-state index contributed by atoms with van der Waals surface area (Å²) in [6, 6.07) is 6.60. The number of nitrogens with two attached hydrogens (primary N) is 1. The number of rotatable bonds is 4. The van der Waals surface area contributed by atoms with E-state index in [4.69, 9.17) is 5.14 Å². The number of halogens is 5. The molecule has 12 heteroatoms. The number of hydrogen-bond donors (Lipinski definition) is 2. The minimum Gasteiger partial charge on any atom is -0.356 e. The Balaban J connectivity index is 2.03. The van der Waals surface area contributed by atoms with Crippen molar-refractivity contribution in [3.63, 3.8) is 0 Å². The average Bonchev–Trinajstić information content (AvgIpc) is 2.87. The molecule has 2 heterocycles. The molecule has 3 N–H and O–H groups in total. The molecule has 1 aliphatic rings. The molecule has 1 saturated heterocycles. The molecular weight excluding hydrogens is 455 g/mol. The number of pyridine rings is 1. The maximum absolute atomic E-state index is 13.8.